The number of rotatable bonds is 4. The summed E-state index contributed by atoms with van der Waals surface area (Å²) in [6.45, 7) is 7.99. The smallest absolute Gasteiger partial charge is 0.229 e. The Bertz CT molecular complexity index is 456. The largest absolute Gasteiger partial charge is 0.312 e. The Kier molecular flexibility index (Phi) is 5.18. The predicted molar refractivity (Wildman–Crippen MR) is 83.9 cm³/mol. The van der Waals surface area contributed by atoms with Gasteiger partial charge < -0.3 is 10.2 Å². The molecule has 2 rings (SSSR count). The number of amides is 1. The van der Waals surface area contributed by atoms with E-state index in [1.165, 1.54) is 5.56 Å². The highest BCUT2D eigenvalue weighted by atomic mass is 16.2. The molecule has 0 bridgehead atoms. The van der Waals surface area contributed by atoms with Crippen LogP contribution in [-0.2, 0) is 4.79 Å². The van der Waals surface area contributed by atoms with Crippen molar-refractivity contribution < 1.29 is 4.79 Å². The average Bonchev–Trinajstić information content (AvgIpc) is 2.64. The van der Waals surface area contributed by atoms with Gasteiger partial charge in [0.1, 0.15) is 0 Å². The highest BCUT2D eigenvalue weighted by Crippen LogP contribution is 2.33. The van der Waals surface area contributed by atoms with Gasteiger partial charge >= 0.3 is 0 Å². The molecular weight excluding hydrogens is 248 g/mol. The summed E-state index contributed by atoms with van der Waals surface area (Å²) >= 11 is 0. The minimum Gasteiger partial charge on any atom is -0.312 e. The number of benzene rings is 1. The maximum Gasteiger partial charge on any atom is 0.229 e. The van der Waals surface area contributed by atoms with Gasteiger partial charge in [0.25, 0.3) is 0 Å². The second kappa shape index (κ2) is 6.89. The third kappa shape index (κ3) is 3.21. The molecule has 0 radical (unpaired) electrons. The van der Waals surface area contributed by atoms with Gasteiger partial charge in [-0.05, 0) is 37.4 Å². The summed E-state index contributed by atoms with van der Waals surface area (Å²) in [6, 6.07) is 8.72. The van der Waals surface area contributed by atoms with Crippen molar-refractivity contribution in [3.63, 3.8) is 0 Å². The second-order valence-corrected chi connectivity index (χ2v) is 5.85. The van der Waals surface area contributed by atoms with Crippen molar-refractivity contribution >= 4 is 11.6 Å². The van der Waals surface area contributed by atoms with Gasteiger partial charge in [-0.15, -0.1) is 0 Å². The topological polar surface area (TPSA) is 32.3 Å². The molecule has 1 aliphatic heterocycles. The molecule has 110 valence electrons. The van der Waals surface area contributed by atoms with Crippen molar-refractivity contribution in [3.8, 4) is 0 Å². The first-order chi connectivity index (χ1) is 9.65. The van der Waals surface area contributed by atoms with Gasteiger partial charge in [-0.3, -0.25) is 4.79 Å². The molecule has 1 aliphatic rings. The summed E-state index contributed by atoms with van der Waals surface area (Å²) in [5.74, 6) is 0.275. The van der Waals surface area contributed by atoms with Crippen LogP contribution in [0.1, 0.15) is 51.6 Å². The number of hydrogen-bond donors (Lipinski definition) is 1. The first-order valence-electron chi connectivity index (χ1n) is 7.78. The van der Waals surface area contributed by atoms with Crippen molar-refractivity contribution in [2.45, 2.75) is 46.1 Å². The molecule has 1 N–H and O–H groups in total. The molecule has 0 saturated heterocycles. The molecule has 1 aromatic rings. The molecule has 1 heterocycles. The molecule has 3 heteroatoms. The number of nitrogens with one attached hydrogen (secondary N) is 1. The maximum absolute atomic E-state index is 12.4. The van der Waals surface area contributed by atoms with Gasteiger partial charge in [-0.2, -0.15) is 0 Å². The van der Waals surface area contributed by atoms with Gasteiger partial charge in [0.05, 0.1) is 0 Å². The summed E-state index contributed by atoms with van der Waals surface area (Å²) in [5, 5.41) is 3.62. The Morgan fingerprint density at radius 1 is 1.40 bits per heavy atom. The highest BCUT2D eigenvalue weighted by Gasteiger charge is 2.26. The Balaban J connectivity index is 2.32. The molecule has 1 atom stereocenters. The van der Waals surface area contributed by atoms with Gasteiger partial charge in [-0.1, -0.05) is 39.0 Å². The standard InChI is InChI=1S/C17H26N2O/c1-4-11-18-15-9-7-12-19(17(20)13(2)3)16-10-6-5-8-14(15)16/h5-6,8,10,13,15,18H,4,7,9,11-12H2,1-3H3. The van der Waals surface area contributed by atoms with E-state index in [0.29, 0.717) is 6.04 Å². The van der Waals surface area contributed by atoms with Crippen LogP contribution in [0, 0.1) is 5.92 Å². The Hall–Kier alpha value is -1.35. The molecule has 3 nitrogen and oxygen atoms in total. The SMILES string of the molecule is CCCNC1CCCN(C(=O)C(C)C)c2ccccc21. The third-order valence-electron chi connectivity index (χ3n) is 3.88. The van der Waals surface area contributed by atoms with E-state index in [2.05, 4.69) is 30.4 Å². The van der Waals surface area contributed by atoms with Crippen LogP contribution in [0.4, 0.5) is 5.69 Å². The van der Waals surface area contributed by atoms with Gasteiger partial charge in [0.15, 0.2) is 0 Å². The first kappa shape index (κ1) is 15.0. The fourth-order valence-corrected chi connectivity index (χ4v) is 2.83. The van der Waals surface area contributed by atoms with Crippen LogP contribution in [-0.4, -0.2) is 19.0 Å². The van der Waals surface area contributed by atoms with Crippen molar-refractivity contribution in [1.82, 2.24) is 5.32 Å². The van der Waals surface area contributed by atoms with Crippen LogP contribution in [0.15, 0.2) is 24.3 Å². The van der Waals surface area contributed by atoms with Gasteiger partial charge in [0.2, 0.25) is 5.91 Å². The lowest BCUT2D eigenvalue weighted by molar-refractivity contribution is -0.121. The van der Waals surface area contributed by atoms with Gasteiger partial charge in [-0.25, -0.2) is 0 Å². The average molecular weight is 274 g/mol. The summed E-state index contributed by atoms with van der Waals surface area (Å²) in [6.07, 6.45) is 3.28. The number of nitrogens with zero attached hydrogens (tertiary/aromatic N) is 1. The van der Waals surface area contributed by atoms with E-state index in [9.17, 15) is 4.79 Å². The van der Waals surface area contributed by atoms with Crippen LogP contribution in [0.2, 0.25) is 0 Å². The van der Waals surface area contributed by atoms with Gasteiger partial charge in [0, 0.05) is 24.2 Å². The molecule has 1 aromatic carbocycles. The van der Waals surface area contributed by atoms with E-state index < -0.39 is 0 Å². The van der Waals surface area contributed by atoms with Crippen molar-refractivity contribution in [2.24, 2.45) is 5.92 Å². The molecule has 0 spiro atoms. The quantitative estimate of drug-likeness (QED) is 0.911. The lowest BCUT2D eigenvalue weighted by Gasteiger charge is -2.26. The zero-order valence-corrected chi connectivity index (χ0v) is 12.9. The summed E-state index contributed by atoms with van der Waals surface area (Å²) in [7, 11) is 0. The summed E-state index contributed by atoms with van der Waals surface area (Å²) in [5.41, 5.74) is 2.37. The summed E-state index contributed by atoms with van der Waals surface area (Å²) in [4.78, 5) is 14.4. The molecule has 1 amide bonds. The molecule has 0 aliphatic carbocycles. The fraction of sp³-hybridized carbons (Fsp3) is 0.588. The zero-order valence-electron chi connectivity index (χ0n) is 12.9. The van der Waals surface area contributed by atoms with Crippen molar-refractivity contribution in [3.05, 3.63) is 29.8 Å². The van der Waals surface area contributed by atoms with E-state index >= 15 is 0 Å². The molecule has 0 saturated carbocycles. The van der Waals surface area contributed by atoms with E-state index in [1.807, 2.05) is 24.8 Å². The van der Waals surface area contributed by atoms with Crippen molar-refractivity contribution in [1.29, 1.82) is 0 Å². The molecule has 1 unspecified atom stereocenters. The van der Waals surface area contributed by atoms with E-state index in [-0.39, 0.29) is 11.8 Å². The lowest BCUT2D eigenvalue weighted by Crippen LogP contribution is -2.35. The molecule has 0 aromatic heterocycles. The zero-order chi connectivity index (χ0) is 14.5. The Labute approximate surface area is 122 Å². The lowest BCUT2D eigenvalue weighted by atomic mass is 10.0. The van der Waals surface area contributed by atoms with Crippen LogP contribution in [0.5, 0.6) is 0 Å². The van der Waals surface area contributed by atoms with Crippen LogP contribution >= 0.6 is 0 Å². The highest BCUT2D eigenvalue weighted by molar-refractivity contribution is 5.95. The van der Waals surface area contributed by atoms with Crippen LogP contribution in [0.3, 0.4) is 0 Å². The normalized spacial score (nSPS) is 18.8. The second-order valence-electron chi connectivity index (χ2n) is 5.85. The van der Waals surface area contributed by atoms with E-state index in [0.717, 1.165) is 38.0 Å². The monoisotopic (exact) mass is 274 g/mol. The van der Waals surface area contributed by atoms with Crippen LogP contribution < -0.4 is 10.2 Å². The number of fused-ring (bicyclic) bond motifs is 1. The molecular formula is C17H26N2O. The number of carbonyl (C=O) groups excluding carboxylic acids is 1. The Morgan fingerprint density at radius 3 is 2.85 bits per heavy atom. The van der Waals surface area contributed by atoms with Crippen LogP contribution in [0.25, 0.3) is 0 Å². The number of hydrogen-bond acceptors (Lipinski definition) is 2. The molecule has 0 fully saturated rings. The van der Waals surface area contributed by atoms with Crippen molar-refractivity contribution in [2.75, 3.05) is 18.0 Å². The predicted octanol–water partition coefficient (Wildman–Crippen LogP) is 3.51. The number of carbonyl (C=O) groups is 1. The number of anilines is 1. The van der Waals surface area contributed by atoms with E-state index in [4.69, 9.17) is 0 Å². The molecule has 20 heavy (non-hydrogen) atoms. The van der Waals surface area contributed by atoms with E-state index in [1.54, 1.807) is 0 Å². The third-order valence-corrected chi connectivity index (χ3v) is 3.88. The first-order valence-corrected chi connectivity index (χ1v) is 7.78. The summed E-state index contributed by atoms with van der Waals surface area (Å²) < 4.78 is 0. The minimum absolute atomic E-state index is 0.0446. The fourth-order valence-electron chi connectivity index (χ4n) is 2.83. The maximum atomic E-state index is 12.4. The number of para-hydroxylation sites is 1. The minimum atomic E-state index is 0.0446. The Morgan fingerprint density at radius 2 is 2.15 bits per heavy atom.